The average molecular weight is 524 g/mol. The molecule has 0 spiro atoms. The summed E-state index contributed by atoms with van der Waals surface area (Å²) in [5.74, 6) is -2.56. The van der Waals surface area contributed by atoms with Crippen molar-refractivity contribution in [3.63, 3.8) is 0 Å². The van der Waals surface area contributed by atoms with E-state index in [0.29, 0.717) is 5.56 Å². The molecule has 0 aromatic heterocycles. The average Bonchev–Trinajstić information content (AvgIpc) is 3.57. The summed E-state index contributed by atoms with van der Waals surface area (Å²) in [6.45, 7) is -1.08. The molecule has 3 aliphatic heterocycles. The summed E-state index contributed by atoms with van der Waals surface area (Å²) >= 11 is 0. The third kappa shape index (κ3) is 4.47. The number of benzene rings is 1. The zero-order valence-corrected chi connectivity index (χ0v) is 19.3. The Morgan fingerprint density at radius 1 is 1.05 bits per heavy atom. The number of carbonyl (C=O) groups is 1. The lowest BCUT2D eigenvalue weighted by Crippen LogP contribution is -2.60. The minimum atomic E-state index is -1.66. The SMILES string of the molecule is O=C(C=Cc1ccc(O)c(O)c1)O[C@H]1[C@@H]2C=CO[C@H](O[C@@H]3O[C@H](CO)[C@@H](O)[C@H](O)[C@H]3O)[C@H]2[C@@]2(CO)O[C@@H]12. The van der Waals surface area contributed by atoms with E-state index < -0.39 is 85.8 Å². The van der Waals surface area contributed by atoms with Crippen molar-refractivity contribution in [1.82, 2.24) is 0 Å². The maximum Gasteiger partial charge on any atom is 0.331 e. The Bertz CT molecular complexity index is 1070. The lowest BCUT2D eigenvalue weighted by atomic mass is 9.85. The van der Waals surface area contributed by atoms with Gasteiger partial charge in [-0.15, -0.1) is 0 Å². The van der Waals surface area contributed by atoms with Crippen LogP contribution in [0.5, 0.6) is 11.5 Å². The number of aliphatic hydroxyl groups is 5. The first-order valence-corrected chi connectivity index (χ1v) is 11.7. The van der Waals surface area contributed by atoms with Crippen LogP contribution >= 0.6 is 0 Å². The molecular weight excluding hydrogens is 496 g/mol. The van der Waals surface area contributed by atoms with Gasteiger partial charge in [-0.1, -0.05) is 6.07 Å². The minimum Gasteiger partial charge on any atom is -0.504 e. The van der Waals surface area contributed by atoms with Crippen LogP contribution < -0.4 is 0 Å². The minimum absolute atomic E-state index is 0.297. The molecule has 5 rings (SSSR count). The molecule has 0 amide bonds. The summed E-state index contributed by atoms with van der Waals surface area (Å²) in [6.07, 6.45) is -4.68. The number of aliphatic hydroxyl groups excluding tert-OH is 5. The molecule has 1 aromatic rings. The van der Waals surface area contributed by atoms with E-state index in [4.69, 9.17) is 23.7 Å². The molecule has 3 fully saturated rings. The summed E-state index contributed by atoms with van der Waals surface area (Å²) in [7, 11) is 0. The molecule has 1 aromatic carbocycles. The first-order valence-electron chi connectivity index (χ1n) is 11.7. The Balaban J connectivity index is 1.30. The largest absolute Gasteiger partial charge is 0.504 e. The van der Waals surface area contributed by atoms with E-state index in [0.717, 1.165) is 6.08 Å². The van der Waals surface area contributed by atoms with Crippen LogP contribution in [0.25, 0.3) is 6.08 Å². The van der Waals surface area contributed by atoms with Crippen LogP contribution in [0.3, 0.4) is 0 Å². The molecule has 0 radical (unpaired) electrons. The number of esters is 1. The van der Waals surface area contributed by atoms with Crippen molar-refractivity contribution in [1.29, 1.82) is 0 Å². The Hall–Kier alpha value is -2.75. The number of hydrogen-bond donors (Lipinski definition) is 7. The number of aromatic hydroxyl groups is 2. The molecule has 202 valence electrons. The Kier molecular flexibility index (Phi) is 6.89. The summed E-state index contributed by atoms with van der Waals surface area (Å²) < 4.78 is 28.2. The van der Waals surface area contributed by atoms with Crippen molar-refractivity contribution in [2.75, 3.05) is 13.2 Å². The molecule has 13 nitrogen and oxygen atoms in total. The predicted molar refractivity (Wildman–Crippen MR) is 119 cm³/mol. The highest BCUT2D eigenvalue weighted by molar-refractivity contribution is 5.87. The van der Waals surface area contributed by atoms with Crippen molar-refractivity contribution in [2.24, 2.45) is 11.8 Å². The second-order valence-electron chi connectivity index (χ2n) is 9.40. The van der Waals surface area contributed by atoms with Gasteiger partial charge in [0.1, 0.15) is 42.2 Å². The van der Waals surface area contributed by atoms with Crippen LogP contribution in [-0.4, -0.2) is 110 Å². The van der Waals surface area contributed by atoms with Crippen LogP contribution in [0, 0.1) is 11.8 Å². The van der Waals surface area contributed by atoms with Crippen molar-refractivity contribution in [2.45, 2.75) is 54.8 Å². The number of hydrogen-bond acceptors (Lipinski definition) is 13. The molecule has 0 bridgehead atoms. The van der Waals surface area contributed by atoms with Gasteiger partial charge in [-0.3, -0.25) is 0 Å². The normalized spacial score (nSPS) is 42.2. The molecule has 11 atom stereocenters. The molecule has 1 saturated carbocycles. The van der Waals surface area contributed by atoms with Crippen LogP contribution in [0.4, 0.5) is 0 Å². The van der Waals surface area contributed by atoms with Gasteiger partial charge in [-0.05, 0) is 29.8 Å². The molecule has 37 heavy (non-hydrogen) atoms. The van der Waals surface area contributed by atoms with E-state index >= 15 is 0 Å². The topological polar surface area (TPSA) is 208 Å². The Morgan fingerprint density at radius 2 is 1.84 bits per heavy atom. The molecular formula is C24H28O13. The number of phenolic OH excluding ortho intramolecular Hbond substituents is 2. The highest BCUT2D eigenvalue weighted by Gasteiger charge is 2.77. The second kappa shape index (κ2) is 9.85. The first kappa shape index (κ1) is 25.9. The summed E-state index contributed by atoms with van der Waals surface area (Å²) in [5.41, 5.74) is -0.714. The lowest BCUT2D eigenvalue weighted by Gasteiger charge is -2.43. The van der Waals surface area contributed by atoms with Gasteiger partial charge in [0.05, 0.1) is 25.4 Å². The van der Waals surface area contributed by atoms with E-state index in [2.05, 4.69) is 0 Å². The van der Waals surface area contributed by atoms with Crippen LogP contribution in [0.15, 0.2) is 36.6 Å². The van der Waals surface area contributed by atoms with Gasteiger partial charge in [0.15, 0.2) is 17.8 Å². The smallest absolute Gasteiger partial charge is 0.331 e. The van der Waals surface area contributed by atoms with E-state index in [1.165, 1.54) is 30.5 Å². The monoisotopic (exact) mass is 524 g/mol. The van der Waals surface area contributed by atoms with Crippen LogP contribution in [0.1, 0.15) is 5.56 Å². The molecule has 1 aliphatic carbocycles. The molecule has 2 saturated heterocycles. The van der Waals surface area contributed by atoms with Crippen molar-refractivity contribution >= 4 is 12.0 Å². The molecule has 0 unspecified atom stereocenters. The van der Waals surface area contributed by atoms with Gasteiger partial charge in [0.2, 0.25) is 6.29 Å². The molecule has 13 heteroatoms. The fraction of sp³-hybridized carbons (Fsp3) is 0.542. The summed E-state index contributed by atoms with van der Waals surface area (Å²) in [6, 6.07) is 4.04. The zero-order valence-electron chi connectivity index (χ0n) is 19.3. The predicted octanol–water partition coefficient (Wildman–Crippen LogP) is -1.91. The highest BCUT2D eigenvalue weighted by Crippen LogP contribution is 2.60. The number of phenols is 2. The van der Waals surface area contributed by atoms with E-state index in [9.17, 15) is 40.5 Å². The second-order valence-corrected chi connectivity index (χ2v) is 9.40. The number of epoxide rings is 1. The van der Waals surface area contributed by atoms with Crippen LogP contribution in [-0.2, 0) is 28.5 Å². The third-order valence-electron chi connectivity index (χ3n) is 7.26. The van der Waals surface area contributed by atoms with Gasteiger partial charge < -0.3 is 59.4 Å². The summed E-state index contributed by atoms with van der Waals surface area (Å²) in [5, 5.41) is 69.0. The highest BCUT2D eigenvalue weighted by atomic mass is 16.8. The maximum atomic E-state index is 12.6. The molecule has 3 heterocycles. The third-order valence-corrected chi connectivity index (χ3v) is 7.26. The van der Waals surface area contributed by atoms with E-state index in [1.807, 2.05) is 0 Å². The van der Waals surface area contributed by atoms with Gasteiger partial charge in [0.25, 0.3) is 0 Å². The van der Waals surface area contributed by atoms with Crippen LogP contribution in [0.2, 0.25) is 0 Å². The van der Waals surface area contributed by atoms with Gasteiger partial charge in [-0.2, -0.15) is 0 Å². The van der Waals surface area contributed by atoms with E-state index in [-0.39, 0.29) is 11.5 Å². The number of fused-ring (bicyclic) bond motifs is 3. The number of ether oxygens (including phenoxy) is 5. The van der Waals surface area contributed by atoms with E-state index in [1.54, 1.807) is 6.08 Å². The van der Waals surface area contributed by atoms with Gasteiger partial charge in [0, 0.05) is 12.0 Å². The number of carbonyl (C=O) groups excluding carboxylic acids is 1. The Morgan fingerprint density at radius 3 is 2.54 bits per heavy atom. The zero-order chi connectivity index (χ0) is 26.5. The van der Waals surface area contributed by atoms with Crippen molar-refractivity contribution in [3.8, 4) is 11.5 Å². The van der Waals surface area contributed by atoms with Crippen molar-refractivity contribution < 1.29 is 64.2 Å². The lowest BCUT2D eigenvalue weighted by molar-refractivity contribution is -0.344. The maximum absolute atomic E-state index is 12.6. The first-order chi connectivity index (χ1) is 17.7. The fourth-order valence-electron chi connectivity index (χ4n) is 5.27. The fourth-order valence-corrected chi connectivity index (χ4v) is 5.27. The van der Waals surface area contributed by atoms with Gasteiger partial charge in [-0.25, -0.2) is 4.79 Å². The Labute approximate surface area is 210 Å². The quantitative estimate of drug-likeness (QED) is 0.0900. The summed E-state index contributed by atoms with van der Waals surface area (Å²) in [4.78, 5) is 12.6. The molecule has 7 N–H and O–H groups in total. The number of rotatable bonds is 7. The molecule has 4 aliphatic rings. The van der Waals surface area contributed by atoms with Gasteiger partial charge >= 0.3 is 5.97 Å². The standard InChI is InChI=1S/C24H28O13/c25-8-14-17(30)18(31)19(32)23(34-14)36-22-16-11(5-6-33-22)20(21-24(16,9-26)37-21)35-15(29)4-2-10-1-3-12(27)13(28)7-10/h1-7,11,14,16-23,25-28,30-32H,8-9H2/t11-,14-,16+,17-,18+,19-,20+,21+,22-,23+,24-/m1/s1. The van der Waals surface area contributed by atoms with Crippen molar-refractivity contribution in [3.05, 3.63) is 42.2 Å².